The number of amides is 1. The molecule has 0 unspecified atom stereocenters. The van der Waals surface area contributed by atoms with Crippen LogP contribution in [0, 0.1) is 0 Å². The molecule has 1 N–H and O–H groups in total. The Balaban J connectivity index is 2.33. The largest absolute Gasteiger partial charge is 0.322 e. The summed E-state index contributed by atoms with van der Waals surface area (Å²) in [5.74, 6) is 0. The maximum atomic E-state index is 13.0. The Labute approximate surface area is 146 Å². The van der Waals surface area contributed by atoms with Gasteiger partial charge in [0.1, 0.15) is 5.69 Å². The second-order valence-electron chi connectivity index (χ2n) is 5.78. The predicted octanol–water partition coefficient (Wildman–Crippen LogP) is 3.67. The molecule has 0 bridgehead atoms. The van der Waals surface area contributed by atoms with E-state index in [1.807, 2.05) is 65.3 Å². The van der Waals surface area contributed by atoms with Crippen molar-refractivity contribution in [3.05, 3.63) is 71.0 Å². The first-order chi connectivity index (χ1) is 12.3. The van der Waals surface area contributed by atoms with Crippen molar-refractivity contribution in [3.63, 3.8) is 0 Å². The third-order valence-electron chi connectivity index (χ3n) is 4.11. The fourth-order valence-corrected chi connectivity index (χ4v) is 2.95. The summed E-state index contributed by atoms with van der Waals surface area (Å²) >= 11 is 0. The van der Waals surface area contributed by atoms with E-state index in [0.29, 0.717) is 24.3 Å². The SMILES string of the molecule is CCCCn1c(=O)c(NC=O)c(-c2ccccc2)n1-c1ccccc1. The van der Waals surface area contributed by atoms with Gasteiger partial charge in [-0.15, -0.1) is 0 Å². The summed E-state index contributed by atoms with van der Waals surface area (Å²) in [6.07, 6.45) is 2.41. The van der Waals surface area contributed by atoms with Crippen LogP contribution in [0.5, 0.6) is 0 Å². The first-order valence-corrected chi connectivity index (χ1v) is 8.44. The minimum atomic E-state index is -0.191. The molecular formula is C20H21N3O2. The van der Waals surface area contributed by atoms with Crippen LogP contribution in [0.3, 0.4) is 0 Å². The number of carbonyl (C=O) groups excluding carboxylic acids is 1. The maximum absolute atomic E-state index is 13.0. The summed E-state index contributed by atoms with van der Waals surface area (Å²) in [5.41, 5.74) is 2.57. The van der Waals surface area contributed by atoms with Crippen molar-refractivity contribution in [1.29, 1.82) is 0 Å². The minimum Gasteiger partial charge on any atom is -0.322 e. The van der Waals surface area contributed by atoms with Crippen LogP contribution in [0.1, 0.15) is 19.8 Å². The van der Waals surface area contributed by atoms with E-state index < -0.39 is 0 Å². The van der Waals surface area contributed by atoms with E-state index in [1.165, 1.54) is 0 Å². The molecule has 128 valence electrons. The Bertz CT molecular complexity index is 896. The molecule has 3 aromatic rings. The molecule has 5 nitrogen and oxygen atoms in total. The Hall–Kier alpha value is -3.08. The summed E-state index contributed by atoms with van der Waals surface area (Å²) in [7, 11) is 0. The molecule has 0 spiro atoms. The van der Waals surface area contributed by atoms with Gasteiger partial charge in [0, 0.05) is 12.1 Å². The van der Waals surface area contributed by atoms with Crippen LogP contribution in [0.25, 0.3) is 16.9 Å². The molecule has 3 rings (SSSR count). The van der Waals surface area contributed by atoms with E-state index in [0.717, 1.165) is 24.1 Å². The lowest BCUT2D eigenvalue weighted by atomic mass is 10.1. The Morgan fingerprint density at radius 1 is 1.00 bits per heavy atom. The van der Waals surface area contributed by atoms with Crippen LogP contribution in [-0.2, 0) is 11.3 Å². The Morgan fingerprint density at radius 3 is 2.24 bits per heavy atom. The number of anilines is 1. The fourth-order valence-electron chi connectivity index (χ4n) is 2.95. The zero-order chi connectivity index (χ0) is 17.6. The molecule has 0 radical (unpaired) electrons. The van der Waals surface area contributed by atoms with E-state index >= 15 is 0 Å². The average Bonchev–Trinajstić information content (AvgIpc) is 2.94. The van der Waals surface area contributed by atoms with Gasteiger partial charge >= 0.3 is 0 Å². The molecule has 0 aliphatic heterocycles. The van der Waals surface area contributed by atoms with Crippen molar-refractivity contribution in [1.82, 2.24) is 9.36 Å². The molecule has 1 aromatic heterocycles. The summed E-state index contributed by atoms with van der Waals surface area (Å²) in [6.45, 7) is 2.67. The van der Waals surface area contributed by atoms with Gasteiger partial charge in [0.2, 0.25) is 6.41 Å². The normalized spacial score (nSPS) is 10.6. The van der Waals surface area contributed by atoms with Crippen LogP contribution in [-0.4, -0.2) is 15.8 Å². The van der Waals surface area contributed by atoms with Crippen molar-refractivity contribution < 1.29 is 4.79 Å². The number of para-hydroxylation sites is 1. The highest BCUT2D eigenvalue weighted by Crippen LogP contribution is 2.29. The topological polar surface area (TPSA) is 56.0 Å². The molecule has 25 heavy (non-hydrogen) atoms. The van der Waals surface area contributed by atoms with Crippen LogP contribution >= 0.6 is 0 Å². The summed E-state index contributed by atoms with van der Waals surface area (Å²) in [6, 6.07) is 19.4. The minimum absolute atomic E-state index is 0.191. The number of aromatic nitrogens is 2. The highest BCUT2D eigenvalue weighted by Gasteiger charge is 2.21. The smallest absolute Gasteiger partial charge is 0.291 e. The first-order valence-electron chi connectivity index (χ1n) is 8.44. The van der Waals surface area contributed by atoms with Crippen molar-refractivity contribution in [2.75, 3.05) is 5.32 Å². The predicted molar refractivity (Wildman–Crippen MR) is 100 cm³/mol. The lowest BCUT2D eigenvalue weighted by Crippen LogP contribution is -2.23. The number of unbranched alkanes of at least 4 members (excludes halogenated alkanes) is 1. The van der Waals surface area contributed by atoms with Crippen LogP contribution in [0.4, 0.5) is 5.69 Å². The van der Waals surface area contributed by atoms with Gasteiger partial charge < -0.3 is 5.32 Å². The number of nitrogens with zero attached hydrogens (tertiary/aromatic N) is 2. The van der Waals surface area contributed by atoms with Gasteiger partial charge in [-0.1, -0.05) is 61.9 Å². The zero-order valence-corrected chi connectivity index (χ0v) is 14.2. The lowest BCUT2D eigenvalue weighted by Gasteiger charge is -2.15. The standard InChI is InChI=1S/C20H21N3O2/c1-2-3-14-22-20(25)18(21-15-24)19(16-10-6-4-7-11-16)23(22)17-12-8-5-9-13-17/h4-13,15H,2-3,14H2,1H3,(H,21,24). The van der Waals surface area contributed by atoms with Crippen LogP contribution in [0.2, 0.25) is 0 Å². The summed E-state index contributed by atoms with van der Waals surface area (Å²) < 4.78 is 3.60. The van der Waals surface area contributed by atoms with Crippen molar-refractivity contribution >= 4 is 12.1 Å². The van der Waals surface area contributed by atoms with Gasteiger partial charge in [0.15, 0.2) is 0 Å². The quantitative estimate of drug-likeness (QED) is 0.670. The van der Waals surface area contributed by atoms with Crippen LogP contribution < -0.4 is 10.9 Å². The molecule has 0 atom stereocenters. The van der Waals surface area contributed by atoms with E-state index in [4.69, 9.17) is 0 Å². The van der Waals surface area contributed by atoms with Gasteiger partial charge in [0.05, 0.1) is 11.4 Å². The molecule has 1 amide bonds. The fraction of sp³-hybridized carbons (Fsp3) is 0.200. The maximum Gasteiger partial charge on any atom is 0.291 e. The molecule has 0 aliphatic rings. The number of rotatable bonds is 7. The van der Waals surface area contributed by atoms with E-state index in [9.17, 15) is 9.59 Å². The molecule has 5 heteroatoms. The second-order valence-corrected chi connectivity index (χ2v) is 5.78. The molecule has 1 heterocycles. The number of nitrogens with one attached hydrogen (secondary N) is 1. The van der Waals surface area contributed by atoms with Gasteiger partial charge in [-0.2, -0.15) is 0 Å². The van der Waals surface area contributed by atoms with E-state index in [-0.39, 0.29) is 5.56 Å². The molecular weight excluding hydrogens is 314 g/mol. The van der Waals surface area contributed by atoms with E-state index in [1.54, 1.807) is 4.68 Å². The highest BCUT2D eigenvalue weighted by molar-refractivity contribution is 5.83. The van der Waals surface area contributed by atoms with Gasteiger partial charge in [0.25, 0.3) is 5.56 Å². The average molecular weight is 335 g/mol. The molecule has 2 aromatic carbocycles. The lowest BCUT2D eigenvalue weighted by molar-refractivity contribution is -0.105. The summed E-state index contributed by atoms with van der Waals surface area (Å²) in [5, 5.41) is 2.62. The Kier molecular flexibility index (Phi) is 5.14. The third kappa shape index (κ3) is 3.26. The van der Waals surface area contributed by atoms with Gasteiger partial charge in [-0.3, -0.25) is 9.59 Å². The number of hydrogen-bond acceptors (Lipinski definition) is 2. The Morgan fingerprint density at radius 2 is 1.64 bits per heavy atom. The summed E-state index contributed by atoms with van der Waals surface area (Å²) in [4.78, 5) is 24.1. The van der Waals surface area contributed by atoms with Crippen LogP contribution in [0.15, 0.2) is 65.5 Å². The second kappa shape index (κ2) is 7.66. The zero-order valence-electron chi connectivity index (χ0n) is 14.2. The number of hydrogen-bond donors (Lipinski definition) is 1. The van der Waals surface area contributed by atoms with Gasteiger partial charge in [-0.25, -0.2) is 9.36 Å². The van der Waals surface area contributed by atoms with Crippen molar-refractivity contribution in [2.45, 2.75) is 26.3 Å². The first kappa shape index (κ1) is 16.8. The third-order valence-corrected chi connectivity index (χ3v) is 4.11. The number of benzene rings is 2. The van der Waals surface area contributed by atoms with Gasteiger partial charge in [-0.05, 0) is 18.6 Å². The van der Waals surface area contributed by atoms with E-state index in [2.05, 4.69) is 12.2 Å². The van der Waals surface area contributed by atoms with Crippen molar-refractivity contribution in [2.24, 2.45) is 0 Å². The molecule has 0 saturated carbocycles. The molecule has 0 fully saturated rings. The van der Waals surface area contributed by atoms with Crippen molar-refractivity contribution in [3.8, 4) is 16.9 Å². The molecule has 0 saturated heterocycles. The number of carbonyl (C=O) groups is 1. The monoisotopic (exact) mass is 335 g/mol. The molecule has 0 aliphatic carbocycles. The highest BCUT2D eigenvalue weighted by atomic mass is 16.1.